The van der Waals surface area contributed by atoms with Gasteiger partial charge in [-0.25, -0.2) is 0 Å². The van der Waals surface area contributed by atoms with Crippen LogP contribution >= 0.6 is 11.8 Å². The van der Waals surface area contributed by atoms with Crippen LogP contribution in [0, 0.1) is 0 Å². The Hall–Kier alpha value is -0.470. The van der Waals surface area contributed by atoms with Crippen molar-refractivity contribution in [1.82, 2.24) is 5.32 Å². The lowest BCUT2D eigenvalue weighted by molar-refractivity contribution is 0.414. The van der Waals surface area contributed by atoms with Crippen molar-refractivity contribution < 1.29 is 0 Å². The second-order valence-electron chi connectivity index (χ2n) is 5.86. The van der Waals surface area contributed by atoms with E-state index in [1.54, 1.807) is 5.56 Å². The summed E-state index contributed by atoms with van der Waals surface area (Å²) in [4.78, 5) is 1.50. The zero-order valence-electron chi connectivity index (χ0n) is 11.1. The van der Waals surface area contributed by atoms with E-state index in [9.17, 15) is 0 Å². The summed E-state index contributed by atoms with van der Waals surface area (Å²) in [6, 6.07) is 8.88. The molecule has 0 bridgehead atoms. The summed E-state index contributed by atoms with van der Waals surface area (Å²) in [6.07, 6.45) is 2.59. The van der Waals surface area contributed by atoms with Gasteiger partial charge in [0.25, 0.3) is 0 Å². The number of rotatable bonds is 4. The Morgan fingerprint density at radius 2 is 2.06 bits per heavy atom. The fraction of sp³-hybridized carbons (Fsp3) is 0.600. The Labute approximate surface area is 109 Å². The van der Waals surface area contributed by atoms with E-state index in [1.807, 2.05) is 11.8 Å². The van der Waals surface area contributed by atoms with Gasteiger partial charge in [-0.05, 0) is 57.7 Å². The molecule has 94 valence electrons. The number of benzene rings is 1. The van der Waals surface area contributed by atoms with Crippen LogP contribution in [0.15, 0.2) is 29.2 Å². The van der Waals surface area contributed by atoms with Gasteiger partial charge in [0.2, 0.25) is 0 Å². The molecule has 0 saturated carbocycles. The van der Waals surface area contributed by atoms with Gasteiger partial charge in [-0.15, -0.1) is 11.8 Å². The molecule has 1 aliphatic heterocycles. The van der Waals surface area contributed by atoms with Crippen molar-refractivity contribution in [3.8, 4) is 0 Å². The molecule has 1 heterocycles. The van der Waals surface area contributed by atoms with Crippen LogP contribution in [0.4, 0.5) is 0 Å². The fourth-order valence-corrected chi connectivity index (χ4v) is 3.58. The largest absolute Gasteiger partial charge is 0.312 e. The highest BCUT2D eigenvalue weighted by molar-refractivity contribution is 7.99. The number of hydrogen-bond donors (Lipinski definition) is 1. The van der Waals surface area contributed by atoms with Crippen LogP contribution in [0.1, 0.15) is 45.1 Å². The summed E-state index contributed by atoms with van der Waals surface area (Å²) in [5.41, 5.74) is 1.83. The normalized spacial score (nSPS) is 19.4. The van der Waals surface area contributed by atoms with Gasteiger partial charge in [-0.1, -0.05) is 18.2 Å². The van der Waals surface area contributed by atoms with Crippen LogP contribution in [0.2, 0.25) is 0 Å². The Morgan fingerprint density at radius 1 is 1.29 bits per heavy atom. The first kappa shape index (κ1) is 13.0. The van der Waals surface area contributed by atoms with Crippen LogP contribution in [0.3, 0.4) is 0 Å². The number of hydrogen-bond acceptors (Lipinski definition) is 2. The van der Waals surface area contributed by atoms with Gasteiger partial charge in [0.05, 0.1) is 0 Å². The zero-order chi connectivity index (χ0) is 12.3. The Kier molecular flexibility index (Phi) is 4.16. The average molecular weight is 249 g/mol. The Balaban J connectivity index is 1.78. The molecule has 17 heavy (non-hydrogen) atoms. The first-order valence-corrected chi connectivity index (χ1v) is 7.51. The monoisotopic (exact) mass is 249 g/mol. The van der Waals surface area contributed by atoms with E-state index in [2.05, 4.69) is 50.4 Å². The number of nitrogens with one attached hydrogen (secondary N) is 1. The molecule has 0 fully saturated rings. The van der Waals surface area contributed by atoms with Crippen molar-refractivity contribution in [2.75, 3.05) is 12.3 Å². The Morgan fingerprint density at radius 3 is 2.82 bits per heavy atom. The lowest BCUT2D eigenvalue weighted by Crippen LogP contribution is -2.36. The molecule has 0 spiro atoms. The molecule has 1 aromatic carbocycles. The highest BCUT2D eigenvalue weighted by Gasteiger charge is 2.22. The standard InChI is InChI=1S/C15H23NS/c1-15(2,3)16-10-6-7-12-11-17-14-9-5-4-8-13(12)14/h4-5,8-9,12,16H,6-7,10-11H2,1-3H3. The van der Waals surface area contributed by atoms with E-state index >= 15 is 0 Å². The molecule has 0 radical (unpaired) electrons. The minimum atomic E-state index is 0.252. The average Bonchev–Trinajstić information content (AvgIpc) is 2.67. The summed E-state index contributed by atoms with van der Waals surface area (Å²) >= 11 is 2.02. The second-order valence-corrected chi connectivity index (χ2v) is 6.93. The van der Waals surface area contributed by atoms with Crippen LogP contribution in [0.25, 0.3) is 0 Å². The maximum Gasteiger partial charge on any atom is 0.0107 e. The molecule has 1 aliphatic rings. The predicted octanol–water partition coefficient (Wildman–Crippen LogP) is 4.04. The molecule has 0 saturated heterocycles. The first-order chi connectivity index (χ1) is 8.06. The van der Waals surface area contributed by atoms with E-state index in [0.29, 0.717) is 0 Å². The molecule has 1 N–H and O–H groups in total. The minimum Gasteiger partial charge on any atom is -0.312 e. The van der Waals surface area contributed by atoms with Crippen LogP contribution < -0.4 is 5.32 Å². The van der Waals surface area contributed by atoms with Gasteiger partial charge in [-0.2, -0.15) is 0 Å². The van der Waals surface area contributed by atoms with Gasteiger partial charge in [0.1, 0.15) is 0 Å². The third-order valence-corrected chi connectivity index (χ3v) is 4.44. The molecular formula is C15H23NS. The first-order valence-electron chi connectivity index (χ1n) is 6.53. The third-order valence-electron chi connectivity index (χ3n) is 3.18. The third kappa shape index (κ3) is 3.75. The zero-order valence-corrected chi connectivity index (χ0v) is 11.9. The van der Waals surface area contributed by atoms with Gasteiger partial charge in [0, 0.05) is 16.2 Å². The van der Waals surface area contributed by atoms with Crippen molar-refractivity contribution in [2.24, 2.45) is 0 Å². The number of fused-ring (bicyclic) bond motifs is 1. The van der Waals surface area contributed by atoms with E-state index in [4.69, 9.17) is 0 Å². The summed E-state index contributed by atoms with van der Waals surface area (Å²) in [7, 11) is 0. The molecular weight excluding hydrogens is 226 g/mol. The van der Waals surface area contributed by atoms with E-state index < -0.39 is 0 Å². The summed E-state index contributed by atoms with van der Waals surface area (Å²) in [5.74, 6) is 2.05. The van der Waals surface area contributed by atoms with E-state index in [-0.39, 0.29) is 5.54 Å². The smallest absolute Gasteiger partial charge is 0.0107 e. The van der Waals surface area contributed by atoms with Gasteiger partial charge < -0.3 is 5.32 Å². The SMILES string of the molecule is CC(C)(C)NCCCC1CSc2ccccc21. The summed E-state index contributed by atoms with van der Waals surface area (Å²) < 4.78 is 0. The van der Waals surface area contributed by atoms with Crippen molar-refractivity contribution in [1.29, 1.82) is 0 Å². The summed E-state index contributed by atoms with van der Waals surface area (Å²) in [5, 5.41) is 3.56. The summed E-state index contributed by atoms with van der Waals surface area (Å²) in [6.45, 7) is 7.82. The highest BCUT2D eigenvalue weighted by Crippen LogP contribution is 2.41. The predicted molar refractivity (Wildman–Crippen MR) is 76.9 cm³/mol. The van der Waals surface area contributed by atoms with Crippen molar-refractivity contribution in [3.63, 3.8) is 0 Å². The fourth-order valence-electron chi connectivity index (χ4n) is 2.28. The Bertz CT molecular complexity index is 367. The van der Waals surface area contributed by atoms with Gasteiger partial charge in [-0.3, -0.25) is 0 Å². The van der Waals surface area contributed by atoms with Crippen molar-refractivity contribution >= 4 is 11.8 Å². The lowest BCUT2D eigenvalue weighted by Gasteiger charge is -2.21. The van der Waals surface area contributed by atoms with E-state index in [0.717, 1.165) is 12.5 Å². The molecule has 2 heteroatoms. The molecule has 1 nitrogen and oxygen atoms in total. The van der Waals surface area contributed by atoms with Gasteiger partial charge >= 0.3 is 0 Å². The van der Waals surface area contributed by atoms with Gasteiger partial charge in [0.15, 0.2) is 0 Å². The maximum atomic E-state index is 3.56. The maximum absolute atomic E-state index is 3.56. The molecule has 1 unspecified atom stereocenters. The molecule has 2 rings (SSSR count). The minimum absolute atomic E-state index is 0.252. The van der Waals surface area contributed by atoms with E-state index in [1.165, 1.54) is 23.5 Å². The quantitative estimate of drug-likeness (QED) is 0.808. The van der Waals surface area contributed by atoms with Crippen molar-refractivity contribution in [2.45, 2.75) is 50.0 Å². The van der Waals surface area contributed by atoms with Crippen LogP contribution in [0.5, 0.6) is 0 Å². The van der Waals surface area contributed by atoms with Crippen molar-refractivity contribution in [3.05, 3.63) is 29.8 Å². The molecule has 0 aliphatic carbocycles. The number of thioether (sulfide) groups is 1. The molecule has 1 aromatic rings. The second kappa shape index (κ2) is 5.45. The highest BCUT2D eigenvalue weighted by atomic mass is 32.2. The van der Waals surface area contributed by atoms with Crippen LogP contribution in [-0.2, 0) is 0 Å². The molecule has 1 atom stereocenters. The topological polar surface area (TPSA) is 12.0 Å². The molecule has 0 amide bonds. The molecule has 0 aromatic heterocycles. The van der Waals surface area contributed by atoms with Crippen LogP contribution in [-0.4, -0.2) is 17.8 Å². The lowest BCUT2D eigenvalue weighted by atomic mass is 9.96.